The normalized spacial score (nSPS) is 22.7. The molecular weight excluding hydrogens is 282 g/mol. The lowest BCUT2D eigenvalue weighted by atomic mass is 9.87. The zero-order valence-corrected chi connectivity index (χ0v) is 14.1. The Bertz CT molecular complexity index is 554. The quantitative estimate of drug-likeness (QED) is 0.865. The number of ether oxygens (including phenoxy) is 3. The SMILES string of the molecule is CNc1ccc2c(c1)C(OC(C)C)C(OC(C)=O)C(C)(C)O2. The van der Waals surface area contributed by atoms with E-state index < -0.39 is 11.7 Å². The van der Waals surface area contributed by atoms with Crippen LogP contribution in [0.3, 0.4) is 0 Å². The molecular formula is C17H25NO4. The van der Waals surface area contributed by atoms with E-state index in [-0.39, 0.29) is 18.2 Å². The van der Waals surface area contributed by atoms with Crippen LogP contribution in [0.4, 0.5) is 5.69 Å². The van der Waals surface area contributed by atoms with Crippen molar-refractivity contribution >= 4 is 11.7 Å². The topological polar surface area (TPSA) is 56.8 Å². The van der Waals surface area contributed by atoms with E-state index in [0.29, 0.717) is 0 Å². The summed E-state index contributed by atoms with van der Waals surface area (Å²) in [7, 11) is 1.86. The van der Waals surface area contributed by atoms with Crippen LogP contribution in [0.2, 0.25) is 0 Å². The predicted molar refractivity (Wildman–Crippen MR) is 85.2 cm³/mol. The fourth-order valence-corrected chi connectivity index (χ4v) is 2.71. The molecule has 2 atom stereocenters. The molecule has 1 N–H and O–H groups in total. The van der Waals surface area contributed by atoms with Gasteiger partial charge in [-0.3, -0.25) is 4.79 Å². The largest absolute Gasteiger partial charge is 0.483 e. The van der Waals surface area contributed by atoms with E-state index in [9.17, 15) is 4.79 Å². The summed E-state index contributed by atoms with van der Waals surface area (Å²) in [6, 6.07) is 5.85. The van der Waals surface area contributed by atoms with Gasteiger partial charge in [-0.15, -0.1) is 0 Å². The Labute approximate surface area is 131 Å². The molecule has 0 amide bonds. The maximum atomic E-state index is 11.5. The fourth-order valence-electron chi connectivity index (χ4n) is 2.71. The molecule has 1 heterocycles. The molecule has 0 fully saturated rings. The van der Waals surface area contributed by atoms with Crippen LogP contribution in [0.1, 0.15) is 46.3 Å². The van der Waals surface area contributed by atoms with Gasteiger partial charge in [0.15, 0.2) is 6.10 Å². The fraction of sp³-hybridized carbons (Fsp3) is 0.588. The van der Waals surface area contributed by atoms with Gasteiger partial charge in [0.1, 0.15) is 17.5 Å². The van der Waals surface area contributed by atoms with E-state index in [2.05, 4.69) is 5.32 Å². The van der Waals surface area contributed by atoms with Gasteiger partial charge in [-0.25, -0.2) is 0 Å². The second-order valence-electron chi connectivity index (χ2n) is 6.34. The second kappa shape index (κ2) is 6.16. The molecule has 0 radical (unpaired) electrons. The summed E-state index contributed by atoms with van der Waals surface area (Å²) in [5, 5.41) is 3.11. The van der Waals surface area contributed by atoms with Gasteiger partial charge in [0.05, 0.1) is 6.10 Å². The highest BCUT2D eigenvalue weighted by molar-refractivity contribution is 5.66. The van der Waals surface area contributed by atoms with E-state index in [1.807, 2.05) is 52.9 Å². The summed E-state index contributed by atoms with van der Waals surface area (Å²) < 4.78 is 17.7. The van der Waals surface area contributed by atoms with Crippen molar-refractivity contribution in [1.82, 2.24) is 0 Å². The Morgan fingerprint density at radius 3 is 2.59 bits per heavy atom. The van der Waals surface area contributed by atoms with Gasteiger partial charge in [0.2, 0.25) is 0 Å². The van der Waals surface area contributed by atoms with Crippen molar-refractivity contribution in [3.63, 3.8) is 0 Å². The molecule has 0 saturated carbocycles. The van der Waals surface area contributed by atoms with Crippen molar-refractivity contribution in [3.8, 4) is 5.75 Å². The molecule has 1 aliphatic heterocycles. The van der Waals surface area contributed by atoms with Crippen LogP contribution in [-0.4, -0.2) is 30.8 Å². The minimum atomic E-state index is -0.667. The Kier molecular flexibility index (Phi) is 4.66. The third-order valence-corrected chi connectivity index (χ3v) is 3.65. The van der Waals surface area contributed by atoms with Crippen LogP contribution in [0.5, 0.6) is 5.75 Å². The molecule has 0 spiro atoms. The lowest BCUT2D eigenvalue weighted by molar-refractivity contribution is -0.187. The first-order valence-electron chi connectivity index (χ1n) is 7.58. The molecule has 1 aromatic rings. The summed E-state index contributed by atoms with van der Waals surface area (Å²) in [6.45, 7) is 9.16. The van der Waals surface area contributed by atoms with E-state index in [1.165, 1.54) is 6.92 Å². The van der Waals surface area contributed by atoms with E-state index >= 15 is 0 Å². The molecule has 22 heavy (non-hydrogen) atoms. The van der Waals surface area contributed by atoms with E-state index in [4.69, 9.17) is 14.2 Å². The van der Waals surface area contributed by atoms with Crippen LogP contribution < -0.4 is 10.1 Å². The van der Waals surface area contributed by atoms with Gasteiger partial charge in [0.25, 0.3) is 0 Å². The standard InChI is InChI=1S/C17H25NO4/c1-10(2)20-15-13-9-12(18-6)7-8-14(13)22-17(4,5)16(15)21-11(3)19/h7-10,15-16,18H,1-6H3. The van der Waals surface area contributed by atoms with E-state index in [1.54, 1.807) is 0 Å². The molecule has 5 heteroatoms. The molecule has 122 valence electrons. The summed E-state index contributed by atoms with van der Waals surface area (Å²) in [4.78, 5) is 11.5. The summed E-state index contributed by atoms with van der Waals surface area (Å²) >= 11 is 0. The van der Waals surface area contributed by atoms with Crippen molar-refractivity contribution in [1.29, 1.82) is 0 Å². The molecule has 0 bridgehead atoms. The lowest BCUT2D eigenvalue weighted by Gasteiger charge is -2.44. The third kappa shape index (κ3) is 3.35. The molecule has 2 rings (SSSR count). The summed E-state index contributed by atoms with van der Waals surface area (Å²) in [5.74, 6) is 0.422. The van der Waals surface area contributed by atoms with Crippen LogP contribution in [0, 0.1) is 0 Å². The number of fused-ring (bicyclic) bond motifs is 1. The number of carbonyl (C=O) groups is 1. The van der Waals surface area contributed by atoms with Crippen molar-refractivity contribution in [3.05, 3.63) is 23.8 Å². The molecule has 0 aliphatic carbocycles. The highest BCUT2D eigenvalue weighted by Gasteiger charge is 2.47. The first-order valence-corrected chi connectivity index (χ1v) is 7.58. The van der Waals surface area contributed by atoms with E-state index in [0.717, 1.165) is 17.0 Å². The van der Waals surface area contributed by atoms with Gasteiger partial charge in [-0.2, -0.15) is 0 Å². The van der Waals surface area contributed by atoms with Gasteiger partial charge in [0, 0.05) is 25.2 Å². The summed E-state index contributed by atoms with van der Waals surface area (Å²) in [5.41, 5.74) is 1.19. The number of rotatable bonds is 4. The predicted octanol–water partition coefficient (Wildman–Crippen LogP) is 3.30. The van der Waals surface area contributed by atoms with Gasteiger partial charge < -0.3 is 19.5 Å². The monoisotopic (exact) mass is 307 g/mol. The summed E-state index contributed by atoms with van der Waals surface area (Å²) in [6.07, 6.45) is -0.869. The zero-order valence-electron chi connectivity index (χ0n) is 14.1. The van der Waals surface area contributed by atoms with Gasteiger partial charge in [-0.1, -0.05) is 0 Å². The Hall–Kier alpha value is -1.75. The number of carbonyl (C=O) groups excluding carboxylic acids is 1. The van der Waals surface area contributed by atoms with Gasteiger partial charge in [-0.05, 0) is 45.9 Å². The molecule has 5 nitrogen and oxygen atoms in total. The Morgan fingerprint density at radius 2 is 2.05 bits per heavy atom. The third-order valence-electron chi connectivity index (χ3n) is 3.65. The van der Waals surface area contributed by atoms with Crippen molar-refractivity contribution in [2.75, 3.05) is 12.4 Å². The highest BCUT2D eigenvalue weighted by Crippen LogP contribution is 2.44. The number of anilines is 1. The Balaban J connectivity index is 2.50. The van der Waals surface area contributed by atoms with Crippen molar-refractivity contribution in [2.45, 2.75) is 58.5 Å². The molecule has 0 aromatic heterocycles. The second-order valence-corrected chi connectivity index (χ2v) is 6.34. The average molecular weight is 307 g/mol. The smallest absolute Gasteiger partial charge is 0.303 e. The maximum absolute atomic E-state index is 11.5. The lowest BCUT2D eigenvalue weighted by Crippen LogP contribution is -2.52. The highest BCUT2D eigenvalue weighted by atomic mass is 16.6. The number of hydrogen-bond donors (Lipinski definition) is 1. The van der Waals surface area contributed by atoms with Crippen LogP contribution >= 0.6 is 0 Å². The van der Waals surface area contributed by atoms with Crippen LogP contribution in [0.25, 0.3) is 0 Å². The number of esters is 1. The number of hydrogen-bond acceptors (Lipinski definition) is 5. The number of benzene rings is 1. The average Bonchev–Trinajstić information content (AvgIpc) is 2.41. The number of nitrogens with one attached hydrogen (secondary N) is 1. The van der Waals surface area contributed by atoms with Gasteiger partial charge >= 0.3 is 5.97 Å². The van der Waals surface area contributed by atoms with Crippen molar-refractivity contribution in [2.24, 2.45) is 0 Å². The Morgan fingerprint density at radius 1 is 1.36 bits per heavy atom. The zero-order chi connectivity index (χ0) is 16.5. The van der Waals surface area contributed by atoms with Crippen LogP contribution in [-0.2, 0) is 14.3 Å². The maximum Gasteiger partial charge on any atom is 0.303 e. The molecule has 1 aromatic carbocycles. The van der Waals surface area contributed by atoms with Crippen LogP contribution in [0.15, 0.2) is 18.2 Å². The minimum Gasteiger partial charge on any atom is -0.483 e. The molecule has 1 aliphatic rings. The molecule has 2 unspecified atom stereocenters. The molecule has 0 saturated heterocycles. The first-order chi connectivity index (χ1) is 10.2. The first kappa shape index (κ1) is 16.6. The minimum absolute atomic E-state index is 0.00282. The van der Waals surface area contributed by atoms with Crippen molar-refractivity contribution < 1.29 is 19.0 Å².